The molecule has 0 saturated heterocycles. The predicted molar refractivity (Wildman–Crippen MR) is 106 cm³/mol. The Morgan fingerprint density at radius 2 is 1.81 bits per heavy atom. The van der Waals surface area contributed by atoms with Crippen molar-refractivity contribution in [3.63, 3.8) is 0 Å². The predicted octanol–water partition coefficient (Wildman–Crippen LogP) is 3.70. The summed E-state index contributed by atoms with van der Waals surface area (Å²) in [4.78, 5) is 26.4. The Balaban J connectivity index is 0.000000758. The van der Waals surface area contributed by atoms with Crippen LogP contribution in [0.15, 0.2) is 54.6 Å². The van der Waals surface area contributed by atoms with Crippen molar-refractivity contribution >= 4 is 23.1 Å². The minimum atomic E-state index is -0.149. The summed E-state index contributed by atoms with van der Waals surface area (Å²) in [5.41, 5.74) is 3.02. The highest BCUT2D eigenvalue weighted by molar-refractivity contribution is 5.99. The van der Waals surface area contributed by atoms with Crippen LogP contribution in [0.3, 0.4) is 0 Å². The van der Waals surface area contributed by atoms with Gasteiger partial charge in [0.25, 0.3) is 5.91 Å². The van der Waals surface area contributed by atoms with Crippen LogP contribution in [-0.4, -0.2) is 31.3 Å². The number of H-pyrrole nitrogens is 1. The quantitative estimate of drug-likeness (QED) is 0.614. The van der Waals surface area contributed by atoms with Crippen molar-refractivity contribution in [2.45, 2.75) is 19.4 Å². The lowest BCUT2D eigenvalue weighted by Gasteiger charge is -2.16. The van der Waals surface area contributed by atoms with E-state index in [9.17, 15) is 9.59 Å². The van der Waals surface area contributed by atoms with Crippen molar-refractivity contribution < 1.29 is 9.59 Å². The summed E-state index contributed by atoms with van der Waals surface area (Å²) >= 11 is 0. The molecule has 5 heteroatoms. The van der Waals surface area contributed by atoms with Gasteiger partial charge in [0.1, 0.15) is 12.0 Å². The molecule has 1 heterocycles. The van der Waals surface area contributed by atoms with E-state index in [1.54, 1.807) is 18.2 Å². The smallest absolute Gasteiger partial charge is 0.268 e. The van der Waals surface area contributed by atoms with Gasteiger partial charge >= 0.3 is 0 Å². The van der Waals surface area contributed by atoms with Crippen LogP contribution in [0.4, 0.5) is 0 Å². The van der Waals surface area contributed by atoms with Gasteiger partial charge in [0.15, 0.2) is 0 Å². The van der Waals surface area contributed by atoms with Gasteiger partial charge in [-0.05, 0) is 50.3 Å². The number of aromatic amines is 1. The summed E-state index contributed by atoms with van der Waals surface area (Å²) in [6, 6.07) is 17.0. The van der Waals surface area contributed by atoms with E-state index in [2.05, 4.69) is 15.6 Å². The average molecular weight is 351 g/mol. The molecule has 0 aliphatic carbocycles. The third-order valence-corrected chi connectivity index (χ3v) is 3.94. The van der Waals surface area contributed by atoms with Gasteiger partial charge in [-0.3, -0.25) is 9.59 Å². The van der Waals surface area contributed by atoms with Gasteiger partial charge in [0, 0.05) is 16.5 Å². The van der Waals surface area contributed by atoms with Crippen molar-refractivity contribution in [2.24, 2.45) is 0 Å². The lowest BCUT2D eigenvalue weighted by atomic mass is 10.0. The Hall–Kier alpha value is -2.92. The van der Waals surface area contributed by atoms with E-state index in [0.29, 0.717) is 11.3 Å². The molecule has 1 atom stereocenters. The highest BCUT2D eigenvalue weighted by Crippen LogP contribution is 2.19. The highest BCUT2D eigenvalue weighted by atomic mass is 16.2. The van der Waals surface area contributed by atoms with Crippen LogP contribution in [0.2, 0.25) is 0 Å². The molecular weight excluding hydrogens is 326 g/mol. The van der Waals surface area contributed by atoms with Crippen LogP contribution in [0.25, 0.3) is 10.9 Å². The van der Waals surface area contributed by atoms with Crippen molar-refractivity contribution in [3.05, 3.63) is 71.4 Å². The number of amides is 1. The maximum absolute atomic E-state index is 12.5. The molecule has 0 bridgehead atoms. The highest BCUT2D eigenvalue weighted by Gasteiger charge is 2.15. The zero-order valence-electron chi connectivity index (χ0n) is 15.4. The molecule has 3 aromatic rings. The third-order valence-electron chi connectivity index (χ3n) is 3.94. The maximum atomic E-state index is 12.5. The van der Waals surface area contributed by atoms with Crippen molar-refractivity contribution in [1.82, 2.24) is 15.6 Å². The van der Waals surface area contributed by atoms with Crippen molar-refractivity contribution in [2.75, 3.05) is 14.1 Å². The van der Waals surface area contributed by atoms with Gasteiger partial charge in [-0.25, -0.2) is 0 Å². The second-order valence-corrected chi connectivity index (χ2v) is 5.99. The molecule has 136 valence electrons. The summed E-state index contributed by atoms with van der Waals surface area (Å²) in [5, 5.41) is 6.65. The Kier molecular flexibility index (Phi) is 7.12. The number of hydrogen-bond donors (Lipinski definition) is 3. The van der Waals surface area contributed by atoms with E-state index in [0.717, 1.165) is 29.2 Å². The lowest BCUT2D eigenvalue weighted by molar-refractivity contribution is 0.0931. The van der Waals surface area contributed by atoms with Crippen molar-refractivity contribution in [3.8, 4) is 0 Å². The normalized spacial score (nSPS) is 11.3. The fourth-order valence-corrected chi connectivity index (χ4v) is 2.69. The zero-order chi connectivity index (χ0) is 18.9. The van der Waals surface area contributed by atoms with Crippen molar-refractivity contribution in [1.29, 1.82) is 0 Å². The number of fused-ring (bicyclic) bond motifs is 1. The molecule has 0 aliphatic rings. The van der Waals surface area contributed by atoms with Crippen LogP contribution in [-0.2, 0) is 0 Å². The SMILES string of the molecule is CCC(NC(=O)c1cc2cc(C=O)ccc2[nH]1)c1ccccc1.CNC. The average Bonchev–Trinajstić information content (AvgIpc) is 3.10. The van der Waals surface area contributed by atoms with E-state index in [-0.39, 0.29) is 11.9 Å². The van der Waals surface area contributed by atoms with Gasteiger partial charge in [-0.1, -0.05) is 37.3 Å². The van der Waals surface area contributed by atoms with E-state index in [1.165, 1.54) is 0 Å². The summed E-state index contributed by atoms with van der Waals surface area (Å²) < 4.78 is 0. The van der Waals surface area contributed by atoms with Gasteiger partial charge in [0.2, 0.25) is 0 Å². The fraction of sp³-hybridized carbons (Fsp3) is 0.238. The minimum absolute atomic E-state index is 0.0272. The number of rotatable bonds is 5. The molecule has 3 rings (SSSR count). The lowest BCUT2D eigenvalue weighted by Crippen LogP contribution is -2.28. The monoisotopic (exact) mass is 351 g/mol. The first kappa shape index (κ1) is 19.4. The summed E-state index contributed by atoms with van der Waals surface area (Å²) in [5.74, 6) is -0.149. The number of nitrogens with one attached hydrogen (secondary N) is 3. The van der Waals surface area contributed by atoms with Gasteiger partial charge < -0.3 is 15.6 Å². The van der Waals surface area contributed by atoms with Crippen LogP contribution >= 0.6 is 0 Å². The molecule has 1 unspecified atom stereocenters. The molecule has 5 nitrogen and oxygen atoms in total. The number of benzene rings is 2. The first-order chi connectivity index (χ1) is 12.6. The second-order valence-electron chi connectivity index (χ2n) is 5.99. The molecule has 0 radical (unpaired) electrons. The van der Waals surface area contributed by atoms with Gasteiger partial charge in [-0.15, -0.1) is 0 Å². The zero-order valence-corrected chi connectivity index (χ0v) is 15.4. The van der Waals surface area contributed by atoms with Crippen LogP contribution in [0, 0.1) is 0 Å². The standard InChI is InChI=1S/C19H18N2O2.C2H7N/c1-2-16(14-6-4-3-5-7-14)21-19(23)18-11-15-10-13(12-22)8-9-17(15)20-18;1-3-2/h3-12,16,20H,2H2,1H3,(H,21,23);3H,1-2H3. The van der Waals surface area contributed by atoms with Gasteiger partial charge in [-0.2, -0.15) is 0 Å². The van der Waals surface area contributed by atoms with E-state index in [4.69, 9.17) is 0 Å². The topological polar surface area (TPSA) is 74.0 Å². The van der Waals surface area contributed by atoms with E-state index in [1.807, 2.05) is 57.4 Å². The molecular formula is C21H25N3O2. The van der Waals surface area contributed by atoms with Crippen LogP contribution in [0.5, 0.6) is 0 Å². The number of hydrogen-bond acceptors (Lipinski definition) is 3. The Labute approximate surface area is 153 Å². The molecule has 0 spiro atoms. The third kappa shape index (κ3) is 4.80. The Bertz CT molecular complexity index is 856. The number of carbonyl (C=O) groups excluding carboxylic acids is 2. The first-order valence-electron chi connectivity index (χ1n) is 8.65. The maximum Gasteiger partial charge on any atom is 0.268 e. The molecule has 0 fully saturated rings. The molecule has 1 aromatic heterocycles. The Morgan fingerprint density at radius 3 is 2.42 bits per heavy atom. The molecule has 26 heavy (non-hydrogen) atoms. The summed E-state index contributed by atoms with van der Waals surface area (Å²) in [6.45, 7) is 2.04. The number of aldehydes is 1. The molecule has 0 saturated carbocycles. The molecule has 2 aromatic carbocycles. The first-order valence-corrected chi connectivity index (χ1v) is 8.65. The molecule has 0 aliphatic heterocycles. The fourth-order valence-electron chi connectivity index (χ4n) is 2.69. The number of carbonyl (C=O) groups is 2. The molecule has 3 N–H and O–H groups in total. The second kappa shape index (κ2) is 9.53. The number of aromatic nitrogens is 1. The van der Waals surface area contributed by atoms with E-state index < -0.39 is 0 Å². The largest absolute Gasteiger partial charge is 0.351 e. The Morgan fingerprint density at radius 1 is 1.12 bits per heavy atom. The minimum Gasteiger partial charge on any atom is -0.351 e. The summed E-state index contributed by atoms with van der Waals surface area (Å²) in [7, 11) is 3.75. The molecule has 1 amide bonds. The van der Waals surface area contributed by atoms with Gasteiger partial charge in [0.05, 0.1) is 6.04 Å². The van der Waals surface area contributed by atoms with Crippen LogP contribution < -0.4 is 10.6 Å². The van der Waals surface area contributed by atoms with E-state index >= 15 is 0 Å². The summed E-state index contributed by atoms with van der Waals surface area (Å²) in [6.07, 6.45) is 1.61. The van der Waals surface area contributed by atoms with Crippen LogP contribution in [0.1, 0.15) is 45.8 Å².